The smallest absolute Gasteiger partial charge is 0.122 e. The molecule has 0 fully saturated rings. The fourth-order valence-corrected chi connectivity index (χ4v) is 1.24. The Morgan fingerprint density at radius 1 is 1.56 bits per heavy atom. The first-order valence-corrected chi connectivity index (χ1v) is 4.97. The summed E-state index contributed by atoms with van der Waals surface area (Å²) in [5.74, 6) is 0.643. The monoisotopic (exact) mass is 224 g/mol. The minimum absolute atomic E-state index is 0.150. The van der Waals surface area contributed by atoms with Gasteiger partial charge in [-0.15, -0.1) is 0 Å². The third-order valence-electron chi connectivity index (χ3n) is 2.23. The summed E-state index contributed by atoms with van der Waals surface area (Å²) in [7, 11) is 0. The Morgan fingerprint density at radius 2 is 2.31 bits per heavy atom. The number of aliphatic hydroxyl groups excluding tert-OH is 1. The number of hydrogen-bond donors (Lipinski definition) is 3. The largest absolute Gasteiger partial charge is 0.491 e. The van der Waals surface area contributed by atoms with E-state index in [2.05, 4.69) is 5.16 Å². The highest BCUT2D eigenvalue weighted by Gasteiger charge is 2.06. The average molecular weight is 224 g/mol. The van der Waals surface area contributed by atoms with Crippen molar-refractivity contribution in [2.24, 2.45) is 10.9 Å². The summed E-state index contributed by atoms with van der Waals surface area (Å²) in [4.78, 5) is 0. The van der Waals surface area contributed by atoms with E-state index >= 15 is 0 Å². The Kier molecular flexibility index (Phi) is 4.75. The zero-order valence-corrected chi connectivity index (χ0v) is 9.13. The van der Waals surface area contributed by atoms with Gasteiger partial charge < -0.3 is 20.8 Å². The normalized spacial score (nSPS) is 12.9. The predicted molar refractivity (Wildman–Crippen MR) is 61.1 cm³/mol. The van der Waals surface area contributed by atoms with E-state index in [1.165, 1.54) is 6.21 Å². The molecule has 5 nitrogen and oxygen atoms in total. The highest BCUT2D eigenvalue weighted by molar-refractivity contribution is 5.82. The summed E-state index contributed by atoms with van der Waals surface area (Å²) in [6.07, 6.45) is 0.663. The number of ether oxygens (including phenoxy) is 1. The summed E-state index contributed by atoms with van der Waals surface area (Å²) in [6, 6.07) is 5.38. The molecule has 0 aliphatic rings. The second-order valence-electron chi connectivity index (χ2n) is 3.42. The van der Waals surface area contributed by atoms with Gasteiger partial charge in [-0.05, 0) is 18.6 Å². The van der Waals surface area contributed by atoms with E-state index in [0.29, 0.717) is 5.75 Å². The van der Waals surface area contributed by atoms with Gasteiger partial charge in [0.1, 0.15) is 18.5 Å². The molecule has 5 heteroatoms. The van der Waals surface area contributed by atoms with Crippen LogP contribution in [0.5, 0.6) is 5.75 Å². The van der Waals surface area contributed by atoms with E-state index in [1.54, 1.807) is 18.2 Å². The lowest BCUT2D eigenvalue weighted by molar-refractivity contribution is 0.114. The first-order chi connectivity index (χ1) is 7.69. The molecular formula is C11H16N2O3. The zero-order chi connectivity index (χ0) is 12.0. The molecule has 1 aromatic carbocycles. The number of benzene rings is 1. The van der Waals surface area contributed by atoms with Crippen molar-refractivity contribution in [1.82, 2.24) is 0 Å². The molecule has 1 unspecified atom stereocenters. The summed E-state index contributed by atoms with van der Waals surface area (Å²) >= 11 is 0. The number of nitrogens with zero attached hydrogens (tertiary/aromatic N) is 1. The lowest BCUT2D eigenvalue weighted by Crippen LogP contribution is -2.26. The maximum absolute atomic E-state index is 9.27. The fraction of sp³-hybridized carbons (Fsp3) is 0.364. The van der Waals surface area contributed by atoms with Crippen molar-refractivity contribution in [2.45, 2.75) is 13.0 Å². The molecule has 16 heavy (non-hydrogen) atoms. The molecule has 1 rings (SSSR count). The standard InChI is InChI=1S/C11H16N2O3/c1-8-9(6-13-15)3-2-4-11(8)16-7-10(14)5-12/h2-4,6,10,14-15H,5,7,12H2,1H3. The van der Waals surface area contributed by atoms with Gasteiger partial charge in [0, 0.05) is 12.1 Å². The minimum atomic E-state index is -0.672. The van der Waals surface area contributed by atoms with Crippen LogP contribution in [0.25, 0.3) is 0 Å². The number of oxime groups is 1. The minimum Gasteiger partial charge on any atom is -0.491 e. The van der Waals surface area contributed by atoms with Crippen LogP contribution in [-0.4, -0.2) is 35.8 Å². The molecule has 0 saturated heterocycles. The summed E-state index contributed by atoms with van der Waals surface area (Å²) < 4.78 is 5.40. The first-order valence-electron chi connectivity index (χ1n) is 4.97. The third kappa shape index (κ3) is 3.22. The van der Waals surface area contributed by atoms with Gasteiger partial charge >= 0.3 is 0 Å². The van der Waals surface area contributed by atoms with Crippen LogP contribution in [0.3, 0.4) is 0 Å². The van der Waals surface area contributed by atoms with Crippen LogP contribution in [0.15, 0.2) is 23.4 Å². The van der Waals surface area contributed by atoms with E-state index < -0.39 is 6.10 Å². The van der Waals surface area contributed by atoms with Gasteiger partial charge in [-0.1, -0.05) is 17.3 Å². The van der Waals surface area contributed by atoms with Gasteiger partial charge in [0.25, 0.3) is 0 Å². The Balaban J connectivity index is 2.77. The molecule has 0 aliphatic heterocycles. The van der Waals surface area contributed by atoms with E-state index in [1.807, 2.05) is 6.92 Å². The molecule has 0 spiro atoms. The van der Waals surface area contributed by atoms with Gasteiger partial charge in [0.2, 0.25) is 0 Å². The second kappa shape index (κ2) is 6.09. The van der Waals surface area contributed by atoms with E-state index in [-0.39, 0.29) is 13.2 Å². The summed E-state index contributed by atoms with van der Waals surface area (Å²) in [6.45, 7) is 2.16. The van der Waals surface area contributed by atoms with Crippen molar-refractivity contribution in [1.29, 1.82) is 0 Å². The topological polar surface area (TPSA) is 88.1 Å². The lowest BCUT2D eigenvalue weighted by atomic mass is 10.1. The average Bonchev–Trinajstić information content (AvgIpc) is 2.30. The van der Waals surface area contributed by atoms with E-state index in [0.717, 1.165) is 11.1 Å². The second-order valence-corrected chi connectivity index (χ2v) is 3.42. The fourth-order valence-electron chi connectivity index (χ4n) is 1.24. The molecule has 0 aromatic heterocycles. The summed E-state index contributed by atoms with van der Waals surface area (Å²) in [5, 5.41) is 20.7. The quantitative estimate of drug-likeness (QED) is 0.386. The van der Waals surface area contributed by atoms with Crippen molar-refractivity contribution >= 4 is 6.21 Å². The number of nitrogens with two attached hydrogens (primary N) is 1. The summed E-state index contributed by atoms with van der Waals surface area (Å²) in [5.41, 5.74) is 6.88. The maximum atomic E-state index is 9.27. The number of rotatable bonds is 5. The van der Waals surface area contributed by atoms with Gasteiger partial charge in [-0.2, -0.15) is 0 Å². The molecule has 4 N–H and O–H groups in total. The number of aliphatic hydroxyl groups is 1. The Morgan fingerprint density at radius 3 is 2.94 bits per heavy atom. The predicted octanol–water partition coefficient (Wildman–Crippen LogP) is 0.502. The van der Waals surface area contributed by atoms with Crippen LogP contribution in [0.2, 0.25) is 0 Å². The molecule has 1 aromatic rings. The Labute approximate surface area is 94.1 Å². The molecule has 0 radical (unpaired) electrons. The molecule has 0 saturated carbocycles. The first kappa shape index (κ1) is 12.5. The van der Waals surface area contributed by atoms with Crippen LogP contribution in [0.1, 0.15) is 11.1 Å². The third-order valence-corrected chi connectivity index (χ3v) is 2.23. The van der Waals surface area contributed by atoms with Crippen LogP contribution >= 0.6 is 0 Å². The van der Waals surface area contributed by atoms with E-state index in [4.69, 9.17) is 15.7 Å². The highest BCUT2D eigenvalue weighted by Crippen LogP contribution is 2.20. The van der Waals surface area contributed by atoms with Crippen molar-refractivity contribution in [3.63, 3.8) is 0 Å². The van der Waals surface area contributed by atoms with Gasteiger partial charge in [-0.25, -0.2) is 0 Å². The van der Waals surface area contributed by atoms with Crippen LogP contribution in [-0.2, 0) is 0 Å². The molecule has 0 amide bonds. The van der Waals surface area contributed by atoms with E-state index in [9.17, 15) is 5.11 Å². The van der Waals surface area contributed by atoms with Crippen molar-refractivity contribution < 1.29 is 15.1 Å². The van der Waals surface area contributed by atoms with Crippen molar-refractivity contribution in [3.05, 3.63) is 29.3 Å². The molecule has 0 aliphatic carbocycles. The maximum Gasteiger partial charge on any atom is 0.122 e. The molecule has 0 bridgehead atoms. The molecular weight excluding hydrogens is 208 g/mol. The molecule has 1 atom stereocenters. The molecule has 0 heterocycles. The number of hydrogen-bond acceptors (Lipinski definition) is 5. The van der Waals surface area contributed by atoms with Crippen LogP contribution in [0.4, 0.5) is 0 Å². The SMILES string of the molecule is Cc1c(C=NO)cccc1OCC(O)CN. The highest BCUT2D eigenvalue weighted by atomic mass is 16.5. The van der Waals surface area contributed by atoms with Crippen LogP contribution < -0.4 is 10.5 Å². The Bertz CT molecular complexity index is 366. The van der Waals surface area contributed by atoms with Crippen molar-refractivity contribution in [3.8, 4) is 5.75 Å². The lowest BCUT2D eigenvalue weighted by Gasteiger charge is -2.13. The molecule has 88 valence electrons. The van der Waals surface area contributed by atoms with Gasteiger partial charge in [0.05, 0.1) is 6.21 Å². The van der Waals surface area contributed by atoms with Gasteiger partial charge in [-0.3, -0.25) is 0 Å². The zero-order valence-electron chi connectivity index (χ0n) is 9.13. The van der Waals surface area contributed by atoms with Crippen molar-refractivity contribution in [2.75, 3.05) is 13.2 Å². The Hall–Kier alpha value is -1.59. The van der Waals surface area contributed by atoms with Crippen LogP contribution in [0, 0.1) is 6.92 Å². The van der Waals surface area contributed by atoms with Gasteiger partial charge in [0.15, 0.2) is 0 Å².